The van der Waals surface area contributed by atoms with Crippen LogP contribution < -0.4 is 4.90 Å². The lowest BCUT2D eigenvalue weighted by atomic mass is 9.95. The summed E-state index contributed by atoms with van der Waals surface area (Å²) in [5, 5.41) is 9.28. The molecular formula is C18H24N4O. The molecule has 1 N–H and O–H groups in total. The highest BCUT2D eigenvalue weighted by atomic mass is 16.3. The second-order valence-corrected chi connectivity index (χ2v) is 6.82. The topological polar surface area (TPSA) is 54.2 Å². The largest absolute Gasteiger partial charge is 0.392 e. The summed E-state index contributed by atoms with van der Waals surface area (Å²) >= 11 is 0. The quantitative estimate of drug-likeness (QED) is 0.922. The number of hydrogen-bond acceptors (Lipinski definition) is 4. The van der Waals surface area contributed by atoms with Gasteiger partial charge in [-0.15, -0.1) is 0 Å². The predicted octanol–water partition coefficient (Wildman–Crippen LogP) is 2.56. The number of piperidine rings is 1. The first-order valence-electron chi connectivity index (χ1n) is 8.65. The van der Waals surface area contributed by atoms with E-state index in [1.54, 1.807) is 6.20 Å². The van der Waals surface area contributed by atoms with E-state index < -0.39 is 0 Å². The third-order valence-electron chi connectivity index (χ3n) is 5.08. The van der Waals surface area contributed by atoms with Gasteiger partial charge in [-0.1, -0.05) is 0 Å². The van der Waals surface area contributed by atoms with E-state index in [1.807, 2.05) is 18.3 Å². The number of hydrogen-bond donors (Lipinski definition) is 1. The van der Waals surface area contributed by atoms with Crippen molar-refractivity contribution in [3.8, 4) is 0 Å². The molecule has 0 spiro atoms. The van der Waals surface area contributed by atoms with Crippen molar-refractivity contribution >= 4 is 5.82 Å². The van der Waals surface area contributed by atoms with Gasteiger partial charge in [-0.2, -0.15) is 0 Å². The molecule has 1 saturated heterocycles. The van der Waals surface area contributed by atoms with Crippen molar-refractivity contribution in [1.29, 1.82) is 0 Å². The van der Waals surface area contributed by atoms with E-state index in [1.165, 1.54) is 18.7 Å². The zero-order valence-corrected chi connectivity index (χ0v) is 13.4. The first kappa shape index (κ1) is 14.7. The predicted molar refractivity (Wildman–Crippen MR) is 89.3 cm³/mol. The van der Waals surface area contributed by atoms with E-state index >= 15 is 0 Å². The summed E-state index contributed by atoms with van der Waals surface area (Å²) in [5.74, 6) is 3.69. The lowest BCUT2D eigenvalue weighted by Crippen LogP contribution is -2.34. The van der Waals surface area contributed by atoms with Crippen LogP contribution in [0, 0.1) is 5.92 Å². The molecule has 0 atom stereocenters. The van der Waals surface area contributed by atoms with E-state index in [-0.39, 0.29) is 6.61 Å². The highest BCUT2D eigenvalue weighted by Gasteiger charge is 2.27. The van der Waals surface area contributed by atoms with Gasteiger partial charge in [0.1, 0.15) is 11.6 Å². The molecule has 0 radical (unpaired) electrons. The van der Waals surface area contributed by atoms with Gasteiger partial charge in [0.2, 0.25) is 0 Å². The first-order chi connectivity index (χ1) is 11.3. The van der Waals surface area contributed by atoms with Gasteiger partial charge in [-0.05, 0) is 49.3 Å². The molecule has 0 amide bonds. The maximum Gasteiger partial charge on any atom is 0.128 e. The summed E-state index contributed by atoms with van der Waals surface area (Å²) in [6.07, 6.45) is 10.9. The Morgan fingerprint density at radius 2 is 1.91 bits per heavy atom. The van der Waals surface area contributed by atoms with Crippen molar-refractivity contribution in [2.75, 3.05) is 18.0 Å². The molecule has 23 heavy (non-hydrogen) atoms. The van der Waals surface area contributed by atoms with Gasteiger partial charge in [0.05, 0.1) is 6.61 Å². The minimum Gasteiger partial charge on any atom is -0.392 e. The normalized spacial score (nSPS) is 19.3. The summed E-state index contributed by atoms with van der Waals surface area (Å²) < 4.78 is 2.38. The molecule has 4 rings (SSSR count). The molecule has 5 nitrogen and oxygen atoms in total. The first-order valence-corrected chi connectivity index (χ1v) is 8.65. The third kappa shape index (κ3) is 3.24. The molecule has 0 aromatic carbocycles. The average molecular weight is 312 g/mol. The van der Waals surface area contributed by atoms with E-state index in [9.17, 15) is 5.11 Å². The van der Waals surface area contributed by atoms with Crippen LogP contribution in [0.5, 0.6) is 0 Å². The summed E-state index contributed by atoms with van der Waals surface area (Å²) in [7, 11) is 0. The monoisotopic (exact) mass is 312 g/mol. The Morgan fingerprint density at radius 3 is 2.65 bits per heavy atom. The highest BCUT2D eigenvalue weighted by molar-refractivity contribution is 5.41. The standard InChI is InChI=1S/C18H24N4O/c23-13-15-3-6-19-17(11-15)21-8-4-16(5-9-21)18-20-7-10-22(18)12-14-1-2-14/h3,6-7,10-11,14,16,23H,1-2,4-5,8-9,12-13H2. The van der Waals surface area contributed by atoms with Crippen LogP contribution in [0.4, 0.5) is 5.82 Å². The molecule has 0 bridgehead atoms. The Balaban J connectivity index is 1.41. The van der Waals surface area contributed by atoms with Crippen LogP contribution in [0.25, 0.3) is 0 Å². The highest BCUT2D eigenvalue weighted by Crippen LogP contribution is 2.34. The molecule has 2 aromatic heterocycles. The number of aromatic nitrogens is 3. The van der Waals surface area contributed by atoms with Crippen LogP contribution in [0.1, 0.15) is 43.0 Å². The molecular weight excluding hydrogens is 288 g/mol. The number of nitrogens with zero attached hydrogens (tertiary/aromatic N) is 4. The molecule has 1 saturated carbocycles. The molecule has 0 unspecified atom stereocenters. The molecule has 1 aliphatic carbocycles. The number of aliphatic hydroxyl groups excluding tert-OH is 1. The minimum absolute atomic E-state index is 0.0740. The number of rotatable bonds is 5. The zero-order valence-electron chi connectivity index (χ0n) is 13.4. The number of imidazole rings is 1. The molecule has 122 valence electrons. The fraction of sp³-hybridized carbons (Fsp3) is 0.556. The molecule has 5 heteroatoms. The lowest BCUT2D eigenvalue weighted by molar-refractivity contribution is 0.281. The van der Waals surface area contributed by atoms with Crippen molar-refractivity contribution in [3.05, 3.63) is 42.1 Å². The maximum atomic E-state index is 9.28. The van der Waals surface area contributed by atoms with Crippen molar-refractivity contribution in [2.24, 2.45) is 5.92 Å². The van der Waals surface area contributed by atoms with Crippen molar-refractivity contribution < 1.29 is 5.11 Å². The fourth-order valence-corrected chi connectivity index (χ4v) is 3.51. The Morgan fingerprint density at radius 1 is 1.09 bits per heavy atom. The molecule has 3 heterocycles. The smallest absolute Gasteiger partial charge is 0.128 e. The van der Waals surface area contributed by atoms with Gasteiger partial charge < -0.3 is 14.6 Å². The lowest BCUT2D eigenvalue weighted by Gasteiger charge is -2.33. The van der Waals surface area contributed by atoms with Crippen molar-refractivity contribution in [2.45, 2.75) is 44.8 Å². The van der Waals surface area contributed by atoms with E-state index in [4.69, 9.17) is 0 Å². The van der Waals surface area contributed by atoms with Crippen LogP contribution in [0.15, 0.2) is 30.7 Å². The van der Waals surface area contributed by atoms with Crippen LogP contribution >= 0.6 is 0 Å². The van der Waals surface area contributed by atoms with Gasteiger partial charge >= 0.3 is 0 Å². The summed E-state index contributed by atoms with van der Waals surface area (Å²) in [6.45, 7) is 3.23. The summed E-state index contributed by atoms with van der Waals surface area (Å²) in [5.41, 5.74) is 0.928. The van der Waals surface area contributed by atoms with Gasteiger partial charge in [0, 0.05) is 44.1 Å². The van der Waals surface area contributed by atoms with Crippen LogP contribution in [0.3, 0.4) is 0 Å². The Kier molecular flexibility index (Phi) is 4.04. The van der Waals surface area contributed by atoms with Crippen LogP contribution in [-0.4, -0.2) is 32.7 Å². The second kappa shape index (κ2) is 6.32. The average Bonchev–Trinajstić information content (AvgIpc) is 3.30. The summed E-state index contributed by atoms with van der Waals surface area (Å²) in [6, 6.07) is 3.86. The molecule has 1 aliphatic heterocycles. The third-order valence-corrected chi connectivity index (χ3v) is 5.08. The maximum absolute atomic E-state index is 9.28. The minimum atomic E-state index is 0.0740. The van der Waals surface area contributed by atoms with E-state index in [2.05, 4.69) is 25.6 Å². The van der Waals surface area contributed by atoms with Crippen molar-refractivity contribution in [1.82, 2.24) is 14.5 Å². The Bertz CT molecular complexity index is 657. The van der Waals surface area contributed by atoms with Gasteiger partial charge in [0.25, 0.3) is 0 Å². The molecule has 2 aliphatic rings. The Labute approximate surface area is 137 Å². The fourth-order valence-electron chi connectivity index (χ4n) is 3.51. The second-order valence-electron chi connectivity index (χ2n) is 6.82. The summed E-state index contributed by atoms with van der Waals surface area (Å²) in [4.78, 5) is 11.4. The Hall–Kier alpha value is -1.88. The number of pyridine rings is 1. The SMILES string of the molecule is OCc1ccnc(N2CCC(c3nccn3CC3CC3)CC2)c1. The van der Waals surface area contributed by atoms with Gasteiger partial charge in [-0.25, -0.2) is 9.97 Å². The van der Waals surface area contributed by atoms with E-state index in [0.29, 0.717) is 5.92 Å². The van der Waals surface area contributed by atoms with Gasteiger partial charge in [0.15, 0.2) is 0 Å². The molecule has 2 fully saturated rings. The zero-order chi connectivity index (χ0) is 15.6. The van der Waals surface area contributed by atoms with Crippen molar-refractivity contribution in [3.63, 3.8) is 0 Å². The van der Waals surface area contributed by atoms with Crippen LogP contribution in [-0.2, 0) is 13.2 Å². The number of aliphatic hydroxyl groups is 1. The van der Waals surface area contributed by atoms with Crippen LogP contribution in [0.2, 0.25) is 0 Å². The van der Waals surface area contributed by atoms with Gasteiger partial charge in [-0.3, -0.25) is 0 Å². The number of anilines is 1. The van der Waals surface area contributed by atoms with E-state index in [0.717, 1.165) is 49.8 Å². The molecule has 2 aromatic rings.